The third-order valence-corrected chi connectivity index (χ3v) is 4.05. The Balaban J connectivity index is 2.10. The normalized spacial score (nSPS) is 13.6. The number of hydrogen-bond acceptors (Lipinski definition) is 4. The van der Waals surface area contributed by atoms with Gasteiger partial charge in [-0.05, 0) is 63.5 Å². The fraction of sp³-hybridized carbons (Fsp3) is 0.611. The molecule has 0 saturated carbocycles. The summed E-state index contributed by atoms with van der Waals surface area (Å²) in [4.78, 5) is 14.3. The van der Waals surface area contributed by atoms with Gasteiger partial charge in [-0.15, -0.1) is 0 Å². The van der Waals surface area contributed by atoms with Crippen LogP contribution in [-0.2, 0) is 17.8 Å². The molecule has 1 N–H and O–H groups in total. The first-order chi connectivity index (χ1) is 11.2. The van der Waals surface area contributed by atoms with Crippen molar-refractivity contribution in [2.45, 2.75) is 39.7 Å². The van der Waals surface area contributed by atoms with Gasteiger partial charge in [0.15, 0.2) is 11.5 Å². The molecule has 2 rings (SSSR count). The molecule has 1 amide bonds. The van der Waals surface area contributed by atoms with Crippen LogP contribution in [0, 0.1) is 0 Å². The average molecular weight is 320 g/mol. The minimum absolute atomic E-state index is 0.234. The SMILES string of the molecule is CCOc1cc2c(cc1OCC)CN(C(=O)CCCNC)CC2. The molecule has 1 aliphatic rings. The molecule has 1 aliphatic heterocycles. The van der Waals surface area contributed by atoms with E-state index in [0.29, 0.717) is 26.2 Å². The molecule has 5 nitrogen and oxygen atoms in total. The van der Waals surface area contributed by atoms with E-state index in [9.17, 15) is 4.79 Å². The highest BCUT2D eigenvalue weighted by molar-refractivity contribution is 5.76. The summed E-state index contributed by atoms with van der Waals surface area (Å²) in [7, 11) is 1.91. The maximum absolute atomic E-state index is 12.3. The first-order valence-electron chi connectivity index (χ1n) is 8.53. The largest absolute Gasteiger partial charge is 0.490 e. The van der Waals surface area contributed by atoms with Crippen LogP contribution in [0.4, 0.5) is 0 Å². The number of carbonyl (C=O) groups excluding carboxylic acids is 1. The third-order valence-electron chi connectivity index (χ3n) is 4.05. The van der Waals surface area contributed by atoms with Crippen molar-refractivity contribution < 1.29 is 14.3 Å². The van der Waals surface area contributed by atoms with E-state index < -0.39 is 0 Å². The second-order valence-electron chi connectivity index (χ2n) is 5.71. The Labute approximate surface area is 139 Å². The number of nitrogens with zero attached hydrogens (tertiary/aromatic N) is 1. The first kappa shape index (κ1) is 17.6. The van der Waals surface area contributed by atoms with Gasteiger partial charge in [-0.3, -0.25) is 4.79 Å². The Morgan fingerprint density at radius 2 is 1.83 bits per heavy atom. The van der Waals surface area contributed by atoms with Gasteiger partial charge in [0.05, 0.1) is 13.2 Å². The van der Waals surface area contributed by atoms with E-state index in [0.717, 1.165) is 37.4 Å². The fourth-order valence-electron chi connectivity index (χ4n) is 2.89. The summed E-state index contributed by atoms with van der Waals surface area (Å²) in [5.74, 6) is 1.82. The van der Waals surface area contributed by atoms with E-state index in [1.54, 1.807) is 0 Å². The van der Waals surface area contributed by atoms with E-state index in [2.05, 4.69) is 11.4 Å². The lowest BCUT2D eigenvalue weighted by molar-refractivity contribution is -0.132. The van der Waals surface area contributed by atoms with Crippen molar-refractivity contribution in [2.75, 3.05) is 33.4 Å². The molecular formula is C18H28N2O3. The van der Waals surface area contributed by atoms with Crippen molar-refractivity contribution >= 4 is 5.91 Å². The zero-order chi connectivity index (χ0) is 16.7. The summed E-state index contributed by atoms with van der Waals surface area (Å²) in [6.07, 6.45) is 2.36. The van der Waals surface area contributed by atoms with Crippen molar-refractivity contribution in [3.63, 3.8) is 0 Å². The van der Waals surface area contributed by atoms with Crippen LogP contribution in [0.15, 0.2) is 12.1 Å². The van der Waals surface area contributed by atoms with Crippen LogP contribution in [0.3, 0.4) is 0 Å². The van der Waals surface area contributed by atoms with E-state index in [1.807, 2.05) is 31.9 Å². The molecule has 128 valence electrons. The molecule has 0 fully saturated rings. The summed E-state index contributed by atoms with van der Waals surface area (Å²) in [6, 6.07) is 4.11. The Morgan fingerprint density at radius 3 is 2.43 bits per heavy atom. The van der Waals surface area contributed by atoms with Gasteiger partial charge in [-0.2, -0.15) is 0 Å². The highest BCUT2D eigenvalue weighted by atomic mass is 16.5. The molecular weight excluding hydrogens is 292 g/mol. The molecule has 23 heavy (non-hydrogen) atoms. The Bertz CT molecular complexity index is 531. The van der Waals surface area contributed by atoms with E-state index >= 15 is 0 Å². The lowest BCUT2D eigenvalue weighted by Crippen LogP contribution is -2.36. The lowest BCUT2D eigenvalue weighted by atomic mass is 9.98. The number of carbonyl (C=O) groups is 1. The molecule has 0 aliphatic carbocycles. The fourth-order valence-corrected chi connectivity index (χ4v) is 2.89. The zero-order valence-electron chi connectivity index (χ0n) is 14.5. The molecule has 1 heterocycles. The van der Waals surface area contributed by atoms with E-state index in [-0.39, 0.29) is 5.91 Å². The van der Waals surface area contributed by atoms with Gasteiger partial charge in [0.25, 0.3) is 0 Å². The number of amides is 1. The van der Waals surface area contributed by atoms with Crippen molar-refractivity contribution in [1.29, 1.82) is 0 Å². The van der Waals surface area contributed by atoms with Gasteiger partial charge in [-0.1, -0.05) is 0 Å². The molecule has 1 aromatic rings. The number of ether oxygens (including phenoxy) is 2. The van der Waals surface area contributed by atoms with Crippen LogP contribution in [0.2, 0.25) is 0 Å². The third kappa shape index (κ3) is 4.61. The van der Waals surface area contributed by atoms with Gasteiger partial charge in [0.1, 0.15) is 0 Å². The summed E-state index contributed by atoms with van der Waals surface area (Å²) < 4.78 is 11.4. The maximum atomic E-state index is 12.3. The highest BCUT2D eigenvalue weighted by Gasteiger charge is 2.22. The molecule has 0 spiro atoms. The Kier molecular flexibility index (Phi) is 6.71. The van der Waals surface area contributed by atoms with Crippen LogP contribution >= 0.6 is 0 Å². The average Bonchev–Trinajstić information content (AvgIpc) is 2.55. The molecule has 0 radical (unpaired) electrons. The number of fused-ring (bicyclic) bond motifs is 1. The van der Waals surface area contributed by atoms with Crippen molar-refractivity contribution in [1.82, 2.24) is 10.2 Å². The summed E-state index contributed by atoms with van der Waals surface area (Å²) >= 11 is 0. The summed E-state index contributed by atoms with van der Waals surface area (Å²) in [5.41, 5.74) is 2.43. The molecule has 0 bridgehead atoms. The van der Waals surface area contributed by atoms with Crippen LogP contribution in [0.5, 0.6) is 11.5 Å². The van der Waals surface area contributed by atoms with Crippen molar-refractivity contribution in [3.05, 3.63) is 23.3 Å². The maximum Gasteiger partial charge on any atom is 0.222 e. The minimum Gasteiger partial charge on any atom is -0.490 e. The molecule has 0 unspecified atom stereocenters. The van der Waals surface area contributed by atoms with Gasteiger partial charge >= 0.3 is 0 Å². The molecule has 1 aromatic carbocycles. The van der Waals surface area contributed by atoms with Crippen LogP contribution in [-0.4, -0.2) is 44.2 Å². The Morgan fingerprint density at radius 1 is 1.17 bits per heavy atom. The molecule has 0 atom stereocenters. The highest BCUT2D eigenvalue weighted by Crippen LogP contribution is 2.34. The monoisotopic (exact) mass is 320 g/mol. The lowest BCUT2D eigenvalue weighted by Gasteiger charge is -2.30. The van der Waals surface area contributed by atoms with E-state index in [4.69, 9.17) is 9.47 Å². The van der Waals surface area contributed by atoms with Gasteiger partial charge in [-0.25, -0.2) is 0 Å². The smallest absolute Gasteiger partial charge is 0.222 e. The summed E-state index contributed by atoms with van der Waals surface area (Å²) in [5, 5.41) is 3.08. The Hall–Kier alpha value is -1.75. The van der Waals surface area contributed by atoms with Gasteiger partial charge in [0, 0.05) is 19.5 Å². The number of rotatable bonds is 8. The zero-order valence-corrected chi connectivity index (χ0v) is 14.5. The number of nitrogens with one attached hydrogen (secondary N) is 1. The predicted molar refractivity (Wildman–Crippen MR) is 91.1 cm³/mol. The molecule has 0 aromatic heterocycles. The molecule has 0 saturated heterocycles. The standard InChI is InChI=1S/C18H28N2O3/c1-4-22-16-11-14-8-10-20(18(21)7-6-9-19-3)13-15(14)12-17(16)23-5-2/h11-12,19H,4-10,13H2,1-3H3. The quantitative estimate of drug-likeness (QED) is 0.747. The van der Waals surface area contributed by atoms with E-state index in [1.165, 1.54) is 11.1 Å². The van der Waals surface area contributed by atoms with Crippen molar-refractivity contribution in [2.24, 2.45) is 0 Å². The predicted octanol–water partition coefficient (Wildman–Crippen LogP) is 2.37. The van der Waals surface area contributed by atoms with Crippen LogP contribution < -0.4 is 14.8 Å². The first-order valence-corrected chi connectivity index (χ1v) is 8.53. The van der Waals surface area contributed by atoms with Gasteiger partial charge in [0.2, 0.25) is 5.91 Å². The second kappa shape index (κ2) is 8.77. The van der Waals surface area contributed by atoms with Crippen molar-refractivity contribution in [3.8, 4) is 11.5 Å². The minimum atomic E-state index is 0.234. The van der Waals surface area contributed by atoms with Crippen LogP contribution in [0.25, 0.3) is 0 Å². The van der Waals surface area contributed by atoms with Crippen LogP contribution in [0.1, 0.15) is 37.8 Å². The second-order valence-corrected chi connectivity index (χ2v) is 5.71. The topological polar surface area (TPSA) is 50.8 Å². The number of hydrogen-bond donors (Lipinski definition) is 1. The summed E-state index contributed by atoms with van der Waals surface area (Å²) in [6.45, 7) is 7.49. The molecule has 5 heteroatoms. The number of benzene rings is 1. The van der Waals surface area contributed by atoms with Gasteiger partial charge < -0.3 is 19.7 Å².